The Kier molecular flexibility index (Phi) is 2.13. The maximum absolute atomic E-state index is 4.31. The molecule has 14 heavy (non-hydrogen) atoms. The molecule has 0 radical (unpaired) electrons. The summed E-state index contributed by atoms with van der Waals surface area (Å²) >= 11 is 0. The van der Waals surface area contributed by atoms with Crippen LogP contribution in [-0.2, 0) is 12.0 Å². The highest BCUT2D eigenvalue weighted by atomic mass is 15.3. The van der Waals surface area contributed by atoms with E-state index in [1.807, 2.05) is 0 Å². The van der Waals surface area contributed by atoms with E-state index in [-0.39, 0.29) is 5.54 Å². The minimum Gasteiger partial charge on any atom is -0.309 e. The van der Waals surface area contributed by atoms with E-state index in [0.29, 0.717) is 5.92 Å². The largest absolute Gasteiger partial charge is 0.309 e. The molecule has 0 saturated carbocycles. The molecule has 0 amide bonds. The molecule has 0 spiro atoms. The van der Waals surface area contributed by atoms with Crippen molar-refractivity contribution in [3.8, 4) is 0 Å². The standard InChI is InChI=1S/C11H19N3/c1-8(2)10-13-12-9-6-5-7-11(3,4)14(9)10/h8H,5-7H2,1-4H3. The Labute approximate surface area is 85.5 Å². The van der Waals surface area contributed by atoms with Gasteiger partial charge in [-0.3, -0.25) is 0 Å². The molecule has 0 fully saturated rings. The fourth-order valence-electron chi connectivity index (χ4n) is 2.32. The SMILES string of the molecule is CC(C)c1nnc2n1C(C)(C)CCC2. The Morgan fingerprint density at radius 1 is 1.29 bits per heavy atom. The van der Waals surface area contributed by atoms with Crippen molar-refractivity contribution < 1.29 is 0 Å². The Hall–Kier alpha value is -0.860. The lowest BCUT2D eigenvalue weighted by Gasteiger charge is -2.34. The molecule has 2 heterocycles. The van der Waals surface area contributed by atoms with Crippen LogP contribution in [0.1, 0.15) is 58.1 Å². The van der Waals surface area contributed by atoms with Crippen LogP contribution in [0.4, 0.5) is 0 Å². The van der Waals surface area contributed by atoms with E-state index in [1.165, 1.54) is 18.7 Å². The zero-order valence-corrected chi connectivity index (χ0v) is 9.54. The molecule has 1 aliphatic heterocycles. The van der Waals surface area contributed by atoms with Gasteiger partial charge < -0.3 is 4.57 Å². The molecule has 3 heteroatoms. The number of aryl methyl sites for hydroxylation is 1. The van der Waals surface area contributed by atoms with Gasteiger partial charge in [0.25, 0.3) is 0 Å². The minimum absolute atomic E-state index is 0.205. The van der Waals surface area contributed by atoms with Crippen LogP contribution in [0.25, 0.3) is 0 Å². The Morgan fingerprint density at radius 3 is 2.64 bits per heavy atom. The highest BCUT2D eigenvalue weighted by Gasteiger charge is 2.31. The summed E-state index contributed by atoms with van der Waals surface area (Å²) in [6.45, 7) is 8.93. The monoisotopic (exact) mass is 193 g/mol. The summed E-state index contributed by atoms with van der Waals surface area (Å²) in [5.41, 5.74) is 0.205. The number of hydrogen-bond acceptors (Lipinski definition) is 2. The summed E-state index contributed by atoms with van der Waals surface area (Å²) in [5, 5.41) is 8.59. The molecule has 0 saturated heterocycles. The van der Waals surface area contributed by atoms with Crippen LogP contribution in [0, 0.1) is 0 Å². The summed E-state index contributed by atoms with van der Waals surface area (Å²) in [7, 11) is 0. The first-order valence-corrected chi connectivity index (χ1v) is 5.47. The molecule has 0 N–H and O–H groups in total. The third-order valence-corrected chi connectivity index (χ3v) is 3.07. The Morgan fingerprint density at radius 2 is 2.00 bits per heavy atom. The molecule has 0 atom stereocenters. The van der Waals surface area contributed by atoms with Gasteiger partial charge in [-0.05, 0) is 26.7 Å². The first-order chi connectivity index (χ1) is 6.52. The molecule has 1 aromatic heterocycles. The smallest absolute Gasteiger partial charge is 0.136 e. The average Bonchev–Trinajstić information content (AvgIpc) is 2.48. The van der Waals surface area contributed by atoms with Gasteiger partial charge in [0.05, 0.1) is 0 Å². The highest BCUT2D eigenvalue weighted by Crippen LogP contribution is 2.32. The molecular formula is C11H19N3. The molecule has 1 aliphatic rings. The highest BCUT2D eigenvalue weighted by molar-refractivity contribution is 5.08. The van der Waals surface area contributed by atoms with Gasteiger partial charge in [0.1, 0.15) is 11.6 Å². The average molecular weight is 193 g/mol. The molecule has 0 bridgehead atoms. The quantitative estimate of drug-likeness (QED) is 0.686. The lowest BCUT2D eigenvalue weighted by Crippen LogP contribution is -2.33. The van der Waals surface area contributed by atoms with E-state index < -0.39 is 0 Å². The number of aromatic nitrogens is 3. The Balaban J connectivity index is 2.53. The molecule has 0 aliphatic carbocycles. The number of nitrogens with zero attached hydrogens (tertiary/aromatic N) is 3. The number of rotatable bonds is 1. The molecule has 0 unspecified atom stereocenters. The van der Waals surface area contributed by atoms with E-state index in [4.69, 9.17) is 0 Å². The van der Waals surface area contributed by atoms with E-state index in [1.54, 1.807) is 0 Å². The van der Waals surface area contributed by atoms with Crippen molar-refractivity contribution in [3.05, 3.63) is 11.6 Å². The lowest BCUT2D eigenvalue weighted by molar-refractivity contribution is 0.268. The molecule has 0 aromatic carbocycles. The van der Waals surface area contributed by atoms with Crippen molar-refractivity contribution in [3.63, 3.8) is 0 Å². The van der Waals surface area contributed by atoms with Crippen LogP contribution < -0.4 is 0 Å². The second-order valence-electron chi connectivity index (χ2n) is 5.13. The maximum atomic E-state index is 4.31. The van der Waals surface area contributed by atoms with Crippen molar-refractivity contribution in [2.24, 2.45) is 0 Å². The van der Waals surface area contributed by atoms with Crippen LogP contribution in [0.3, 0.4) is 0 Å². The van der Waals surface area contributed by atoms with Crippen molar-refractivity contribution in [1.82, 2.24) is 14.8 Å². The number of fused-ring (bicyclic) bond motifs is 1. The topological polar surface area (TPSA) is 30.7 Å². The summed E-state index contributed by atoms with van der Waals surface area (Å²) in [6, 6.07) is 0. The van der Waals surface area contributed by atoms with Gasteiger partial charge in [-0.2, -0.15) is 0 Å². The summed E-state index contributed by atoms with van der Waals surface area (Å²) < 4.78 is 2.35. The van der Waals surface area contributed by atoms with Gasteiger partial charge in [0.15, 0.2) is 0 Å². The predicted octanol–water partition coefficient (Wildman–Crippen LogP) is 2.47. The molecule has 3 nitrogen and oxygen atoms in total. The fraction of sp³-hybridized carbons (Fsp3) is 0.818. The van der Waals surface area contributed by atoms with Crippen LogP contribution in [0.15, 0.2) is 0 Å². The van der Waals surface area contributed by atoms with Crippen LogP contribution in [0.5, 0.6) is 0 Å². The number of hydrogen-bond donors (Lipinski definition) is 0. The van der Waals surface area contributed by atoms with Crippen LogP contribution >= 0.6 is 0 Å². The summed E-state index contributed by atoms with van der Waals surface area (Å²) in [6.07, 6.45) is 3.56. The van der Waals surface area contributed by atoms with E-state index in [9.17, 15) is 0 Å². The second kappa shape index (κ2) is 3.07. The van der Waals surface area contributed by atoms with Crippen LogP contribution in [-0.4, -0.2) is 14.8 Å². The molecule has 78 valence electrons. The zero-order chi connectivity index (χ0) is 10.3. The summed E-state index contributed by atoms with van der Waals surface area (Å²) in [4.78, 5) is 0. The first-order valence-electron chi connectivity index (χ1n) is 5.47. The second-order valence-corrected chi connectivity index (χ2v) is 5.13. The van der Waals surface area contributed by atoms with Gasteiger partial charge in [0, 0.05) is 17.9 Å². The first kappa shape index (κ1) is 9.69. The third-order valence-electron chi connectivity index (χ3n) is 3.07. The normalized spacial score (nSPS) is 19.8. The van der Waals surface area contributed by atoms with E-state index >= 15 is 0 Å². The van der Waals surface area contributed by atoms with Gasteiger partial charge in [0.2, 0.25) is 0 Å². The van der Waals surface area contributed by atoms with Gasteiger partial charge >= 0.3 is 0 Å². The van der Waals surface area contributed by atoms with E-state index in [2.05, 4.69) is 42.5 Å². The lowest BCUT2D eigenvalue weighted by atomic mass is 9.92. The summed E-state index contributed by atoms with van der Waals surface area (Å²) in [5.74, 6) is 2.78. The van der Waals surface area contributed by atoms with Crippen molar-refractivity contribution >= 4 is 0 Å². The molecule has 1 aromatic rings. The minimum atomic E-state index is 0.205. The van der Waals surface area contributed by atoms with Crippen molar-refractivity contribution in [2.75, 3.05) is 0 Å². The predicted molar refractivity (Wildman–Crippen MR) is 56.4 cm³/mol. The van der Waals surface area contributed by atoms with Gasteiger partial charge in [-0.1, -0.05) is 13.8 Å². The van der Waals surface area contributed by atoms with E-state index in [0.717, 1.165) is 12.2 Å². The van der Waals surface area contributed by atoms with Gasteiger partial charge in [-0.25, -0.2) is 0 Å². The third kappa shape index (κ3) is 1.35. The maximum Gasteiger partial charge on any atom is 0.136 e. The fourth-order valence-corrected chi connectivity index (χ4v) is 2.32. The zero-order valence-electron chi connectivity index (χ0n) is 9.54. The van der Waals surface area contributed by atoms with Crippen molar-refractivity contribution in [2.45, 2.75) is 58.4 Å². The Bertz CT molecular complexity index is 336. The molecular weight excluding hydrogens is 174 g/mol. The van der Waals surface area contributed by atoms with Crippen LogP contribution in [0.2, 0.25) is 0 Å². The van der Waals surface area contributed by atoms with Crippen molar-refractivity contribution in [1.29, 1.82) is 0 Å². The van der Waals surface area contributed by atoms with Gasteiger partial charge in [-0.15, -0.1) is 10.2 Å². The molecule has 2 rings (SSSR count).